The van der Waals surface area contributed by atoms with E-state index in [0.717, 1.165) is 0 Å². The maximum atomic E-state index is 8.88. The summed E-state index contributed by atoms with van der Waals surface area (Å²) in [4.78, 5) is 21.6. The van der Waals surface area contributed by atoms with Crippen molar-refractivity contribution in [2.45, 2.75) is 0 Å². The normalized spacial score (nSPS) is 8.43. The Bertz CT molecular complexity index is 57.8. The van der Waals surface area contributed by atoms with Gasteiger partial charge in [0.25, 0.3) is 0 Å². The van der Waals surface area contributed by atoms with Crippen molar-refractivity contribution in [1.29, 1.82) is 0 Å². The molecule has 0 amide bonds. The Balaban J connectivity index is -0.0000000800. The largest absolute Gasteiger partial charge is 0.466 e. The molecule has 0 unspecified atom stereocenters. The minimum Gasteiger partial charge on any atom is -0.303 e. The van der Waals surface area contributed by atoms with Crippen molar-refractivity contribution in [3.63, 3.8) is 0 Å². The average Bonchev–Trinajstić information content (AvgIpc) is 0.722. The van der Waals surface area contributed by atoms with Crippen molar-refractivity contribution in [2.75, 3.05) is 0 Å². The molecule has 0 fully saturated rings. The molecular formula is H3CoO4PW. The van der Waals surface area contributed by atoms with Crippen molar-refractivity contribution in [3.05, 3.63) is 0 Å². The molecule has 7 heteroatoms. The first-order valence-corrected chi connectivity index (χ1v) is 2.35. The van der Waals surface area contributed by atoms with Crippen LogP contribution in [0.25, 0.3) is 0 Å². The van der Waals surface area contributed by atoms with Crippen LogP contribution in [0, 0.1) is 0 Å². The van der Waals surface area contributed by atoms with Gasteiger partial charge < -0.3 is 14.7 Å². The van der Waals surface area contributed by atoms with Gasteiger partial charge in [0, 0.05) is 37.8 Å². The predicted molar refractivity (Wildman–Crippen MR) is 14.3 cm³/mol. The van der Waals surface area contributed by atoms with Crippen LogP contribution in [0.1, 0.15) is 0 Å². The summed E-state index contributed by atoms with van der Waals surface area (Å²) in [6.07, 6.45) is 0. The molecule has 0 aromatic heterocycles. The number of phosphoric acid groups is 1. The van der Waals surface area contributed by atoms with Gasteiger partial charge in [0.2, 0.25) is 0 Å². The first-order valence-electron chi connectivity index (χ1n) is 0.783. The van der Waals surface area contributed by atoms with Crippen LogP contribution in [0.2, 0.25) is 0 Å². The number of hydrogen-bond acceptors (Lipinski definition) is 1. The predicted octanol–water partition coefficient (Wildman–Crippen LogP) is -0.934. The van der Waals surface area contributed by atoms with E-state index in [0.29, 0.717) is 0 Å². The molecule has 0 atom stereocenters. The zero-order chi connectivity index (χ0) is 4.50. The van der Waals surface area contributed by atoms with Gasteiger partial charge >= 0.3 is 7.82 Å². The van der Waals surface area contributed by atoms with Gasteiger partial charge in [0.05, 0.1) is 0 Å². The van der Waals surface area contributed by atoms with Gasteiger partial charge in [-0.15, -0.1) is 0 Å². The maximum absolute atomic E-state index is 8.88. The van der Waals surface area contributed by atoms with Crippen LogP contribution in [-0.4, -0.2) is 14.7 Å². The van der Waals surface area contributed by atoms with Gasteiger partial charge in [-0.1, -0.05) is 0 Å². The SMILES string of the molecule is O=P(O)(O)O.[Co].[W]. The van der Waals surface area contributed by atoms with E-state index >= 15 is 0 Å². The quantitative estimate of drug-likeness (QED) is 0.498. The molecular weight excluding hydrogens is 338 g/mol. The fraction of sp³-hybridized carbons (Fsp3) is 0. The van der Waals surface area contributed by atoms with Gasteiger partial charge in [-0.3, -0.25) is 0 Å². The van der Waals surface area contributed by atoms with E-state index in [-0.39, 0.29) is 37.8 Å². The van der Waals surface area contributed by atoms with Crippen LogP contribution < -0.4 is 0 Å². The minimum atomic E-state index is -4.64. The molecule has 0 aliphatic carbocycles. The van der Waals surface area contributed by atoms with Gasteiger partial charge in [0.15, 0.2) is 0 Å². The summed E-state index contributed by atoms with van der Waals surface area (Å²) < 4.78 is 8.88. The number of rotatable bonds is 0. The summed E-state index contributed by atoms with van der Waals surface area (Å²) in [7, 11) is -4.64. The Kier molecular flexibility index (Phi) is 12.2. The zero-order valence-electron chi connectivity index (χ0n) is 2.94. The standard InChI is InChI=1S/Co.H3O4P.W/c;1-5(2,3)4;/h;(H3,1,2,3,4);. The second-order valence-corrected chi connectivity index (χ2v) is 1.54. The Hall–Kier alpha value is 1.30. The van der Waals surface area contributed by atoms with E-state index in [4.69, 9.17) is 19.2 Å². The molecule has 0 saturated carbocycles. The van der Waals surface area contributed by atoms with Crippen molar-refractivity contribution in [3.8, 4) is 0 Å². The van der Waals surface area contributed by atoms with Gasteiger partial charge in [-0.05, 0) is 0 Å². The monoisotopic (exact) mass is 341 g/mol. The van der Waals surface area contributed by atoms with Crippen molar-refractivity contribution in [1.82, 2.24) is 0 Å². The zero-order valence-corrected chi connectivity index (χ0v) is 7.81. The van der Waals surface area contributed by atoms with E-state index in [2.05, 4.69) is 0 Å². The summed E-state index contributed by atoms with van der Waals surface area (Å²) in [6, 6.07) is 0. The van der Waals surface area contributed by atoms with E-state index in [1.54, 1.807) is 0 Å². The van der Waals surface area contributed by atoms with Gasteiger partial charge in [-0.25, -0.2) is 4.57 Å². The molecule has 0 saturated heterocycles. The first kappa shape index (κ1) is 15.7. The Morgan fingerprint density at radius 3 is 1.14 bits per heavy atom. The molecule has 4 nitrogen and oxygen atoms in total. The topological polar surface area (TPSA) is 77.8 Å². The fourth-order valence-electron chi connectivity index (χ4n) is 0. The van der Waals surface area contributed by atoms with Gasteiger partial charge in [0.1, 0.15) is 0 Å². The molecule has 0 bridgehead atoms. The van der Waals surface area contributed by atoms with E-state index in [1.807, 2.05) is 0 Å². The minimum absolute atomic E-state index is 0. The molecule has 7 heavy (non-hydrogen) atoms. The molecule has 0 spiro atoms. The summed E-state index contributed by atoms with van der Waals surface area (Å²) in [6.45, 7) is 0. The third kappa shape index (κ3) is 121. The summed E-state index contributed by atoms with van der Waals surface area (Å²) in [5, 5.41) is 0. The molecule has 0 rings (SSSR count). The van der Waals surface area contributed by atoms with E-state index < -0.39 is 7.82 Å². The molecule has 0 aliphatic rings. The molecule has 0 aliphatic heterocycles. The van der Waals surface area contributed by atoms with Crippen molar-refractivity contribution < 1.29 is 57.1 Å². The third-order valence-electron chi connectivity index (χ3n) is 0. The molecule has 0 heterocycles. The van der Waals surface area contributed by atoms with Crippen LogP contribution in [0.15, 0.2) is 0 Å². The van der Waals surface area contributed by atoms with Crippen LogP contribution in [0.4, 0.5) is 0 Å². The smallest absolute Gasteiger partial charge is 0.303 e. The van der Waals surface area contributed by atoms with Crippen molar-refractivity contribution in [2.24, 2.45) is 0 Å². The number of hydrogen-bond donors (Lipinski definition) is 3. The average molecular weight is 341 g/mol. The van der Waals surface area contributed by atoms with Crippen molar-refractivity contribution >= 4 is 7.82 Å². The Morgan fingerprint density at radius 1 is 1.14 bits per heavy atom. The molecule has 0 aromatic rings. The van der Waals surface area contributed by atoms with Crippen LogP contribution in [0.5, 0.6) is 0 Å². The fourth-order valence-corrected chi connectivity index (χ4v) is 0. The molecule has 47 valence electrons. The Morgan fingerprint density at radius 2 is 1.14 bits per heavy atom. The van der Waals surface area contributed by atoms with Gasteiger partial charge in [-0.2, -0.15) is 0 Å². The van der Waals surface area contributed by atoms with Crippen LogP contribution >= 0.6 is 7.82 Å². The molecule has 3 N–H and O–H groups in total. The Labute approximate surface area is 65.0 Å². The second kappa shape index (κ2) is 5.44. The second-order valence-electron chi connectivity index (χ2n) is 0.513. The van der Waals surface area contributed by atoms with Crippen LogP contribution in [0.3, 0.4) is 0 Å². The molecule has 0 aromatic carbocycles. The molecule has 1 radical (unpaired) electrons. The summed E-state index contributed by atoms with van der Waals surface area (Å²) >= 11 is 0. The summed E-state index contributed by atoms with van der Waals surface area (Å²) in [5.41, 5.74) is 0. The van der Waals surface area contributed by atoms with E-state index in [9.17, 15) is 0 Å². The maximum Gasteiger partial charge on any atom is 0.466 e. The third-order valence-corrected chi connectivity index (χ3v) is 0. The van der Waals surface area contributed by atoms with E-state index in [1.165, 1.54) is 0 Å². The van der Waals surface area contributed by atoms with Crippen LogP contribution in [-0.2, 0) is 42.4 Å². The first-order chi connectivity index (χ1) is 2.00. The summed E-state index contributed by atoms with van der Waals surface area (Å²) in [5.74, 6) is 0.